The zero-order valence-electron chi connectivity index (χ0n) is 16.8. The summed E-state index contributed by atoms with van der Waals surface area (Å²) in [6.07, 6.45) is 5.90. The molecule has 0 bridgehead atoms. The van der Waals surface area contributed by atoms with E-state index in [4.69, 9.17) is 9.15 Å². The lowest BCUT2D eigenvalue weighted by Crippen LogP contribution is -2.14. The fourth-order valence-corrected chi connectivity index (χ4v) is 3.30. The van der Waals surface area contributed by atoms with Gasteiger partial charge in [0.05, 0.1) is 18.2 Å². The number of carboxylic acid groups (broad SMARTS) is 1. The van der Waals surface area contributed by atoms with E-state index in [2.05, 4.69) is 9.97 Å². The van der Waals surface area contributed by atoms with Crippen molar-refractivity contribution in [1.29, 1.82) is 0 Å². The topological polar surface area (TPSA) is 85.5 Å². The second-order valence-corrected chi connectivity index (χ2v) is 7.13. The number of nitrogens with zero attached hydrogens (tertiary/aromatic N) is 2. The van der Waals surface area contributed by atoms with Crippen LogP contribution in [0.3, 0.4) is 0 Å². The highest BCUT2D eigenvalue weighted by molar-refractivity contribution is 5.76. The van der Waals surface area contributed by atoms with Crippen molar-refractivity contribution in [3.8, 4) is 17.2 Å². The number of ether oxygens (including phenoxy) is 1. The molecule has 0 aliphatic carbocycles. The van der Waals surface area contributed by atoms with E-state index in [0.29, 0.717) is 30.9 Å². The number of pyridine rings is 1. The molecule has 4 aromatic rings. The molecule has 0 spiro atoms. The predicted molar refractivity (Wildman–Crippen MR) is 116 cm³/mol. The summed E-state index contributed by atoms with van der Waals surface area (Å²) >= 11 is 0. The normalized spacial score (nSPS) is 11.7. The Morgan fingerprint density at radius 1 is 1.03 bits per heavy atom. The molecule has 0 aliphatic rings. The average Bonchev–Trinajstić information content (AvgIpc) is 3.28. The van der Waals surface area contributed by atoms with Gasteiger partial charge < -0.3 is 14.3 Å². The van der Waals surface area contributed by atoms with Crippen molar-refractivity contribution in [2.24, 2.45) is 0 Å². The number of benzene rings is 2. The van der Waals surface area contributed by atoms with Gasteiger partial charge in [-0.25, -0.2) is 4.98 Å². The maximum atomic E-state index is 11.7. The van der Waals surface area contributed by atoms with Crippen LogP contribution >= 0.6 is 0 Å². The fraction of sp³-hybridized carbons (Fsp3) is 0.160. The summed E-state index contributed by atoms with van der Waals surface area (Å²) in [6, 6.07) is 20.8. The molecular weight excluding hydrogens is 392 g/mol. The average molecular weight is 414 g/mol. The summed E-state index contributed by atoms with van der Waals surface area (Å²) in [6.45, 7) is 0.466. The van der Waals surface area contributed by atoms with E-state index in [0.717, 1.165) is 22.6 Å². The molecule has 0 saturated carbocycles. The lowest BCUT2D eigenvalue weighted by Gasteiger charge is -2.13. The number of carbonyl (C=O) groups is 1. The molecule has 31 heavy (non-hydrogen) atoms. The van der Waals surface area contributed by atoms with Gasteiger partial charge in [0, 0.05) is 24.4 Å². The molecule has 2 heterocycles. The van der Waals surface area contributed by atoms with Gasteiger partial charge in [-0.05, 0) is 47.9 Å². The molecule has 0 saturated heterocycles. The molecular formula is C25H22N2O4. The Bertz CT molecular complexity index is 1110. The third-order valence-corrected chi connectivity index (χ3v) is 4.95. The number of hydrogen-bond donors (Lipinski definition) is 1. The van der Waals surface area contributed by atoms with Crippen molar-refractivity contribution < 1.29 is 19.1 Å². The van der Waals surface area contributed by atoms with Gasteiger partial charge in [-0.3, -0.25) is 9.78 Å². The van der Waals surface area contributed by atoms with Crippen molar-refractivity contribution in [1.82, 2.24) is 9.97 Å². The number of oxazole rings is 1. The van der Waals surface area contributed by atoms with Crippen LogP contribution in [0.2, 0.25) is 0 Å². The van der Waals surface area contributed by atoms with Gasteiger partial charge in [0.1, 0.15) is 12.0 Å². The van der Waals surface area contributed by atoms with E-state index >= 15 is 0 Å². The summed E-state index contributed by atoms with van der Waals surface area (Å²) in [5.41, 5.74) is 3.39. The molecule has 6 nitrogen and oxygen atoms in total. The molecule has 2 aromatic heterocycles. The van der Waals surface area contributed by atoms with Gasteiger partial charge in [-0.15, -0.1) is 0 Å². The number of hydrogen-bond acceptors (Lipinski definition) is 5. The van der Waals surface area contributed by atoms with Crippen LogP contribution in [0.5, 0.6) is 5.75 Å². The van der Waals surface area contributed by atoms with Crippen molar-refractivity contribution in [2.75, 3.05) is 6.61 Å². The second kappa shape index (κ2) is 9.71. The highest BCUT2D eigenvalue weighted by Gasteiger charge is 2.20. The van der Waals surface area contributed by atoms with Gasteiger partial charge in [-0.2, -0.15) is 0 Å². The smallest absolute Gasteiger partial charge is 0.311 e. The van der Waals surface area contributed by atoms with Crippen LogP contribution in [0.25, 0.3) is 11.5 Å². The number of aliphatic carboxylic acids is 1. The quantitative estimate of drug-likeness (QED) is 0.425. The summed E-state index contributed by atoms with van der Waals surface area (Å²) in [4.78, 5) is 20.2. The third-order valence-electron chi connectivity index (χ3n) is 4.95. The molecule has 1 N–H and O–H groups in total. The minimum Gasteiger partial charge on any atom is -0.493 e. The first-order valence-electron chi connectivity index (χ1n) is 10.0. The Morgan fingerprint density at radius 3 is 2.55 bits per heavy atom. The van der Waals surface area contributed by atoms with Gasteiger partial charge >= 0.3 is 5.97 Å². The van der Waals surface area contributed by atoms with Gasteiger partial charge in [-0.1, -0.05) is 36.4 Å². The SMILES string of the molecule is O=C(O)C(Cc1ccc(OCCc2coc(-c3ccccc3)n2)cc1)c1cccnc1. The van der Waals surface area contributed by atoms with Crippen LogP contribution in [0.4, 0.5) is 0 Å². The van der Waals surface area contributed by atoms with E-state index in [-0.39, 0.29) is 0 Å². The molecule has 4 rings (SSSR count). The highest BCUT2D eigenvalue weighted by atomic mass is 16.5. The summed E-state index contributed by atoms with van der Waals surface area (Å²) < 4.78 is 11.4. The van der Waals surface area contributed by atoms with Crippen LogP contribution < -0.4 is 4.74 Å². The minimum atomic E-state index is -0.865. The minimum absolute atomic E-state index is 0.391. The molecule has 0 radical (unpaired) electrons. The molecule has 1 unspecified atom stereocenters. The van der Waals surface area contributed by atoms with E-state index in [9.17, 15) is 9.90 Å². The molecule has 0 aliphatic heterocycles. The first-order valence-corrected chi connectivity index (χ1v) is 10.0. The van der Waals surface area contributed by atoms with Crippen LogP contribution in [0.15, 0.2) is 89.8 Å². The Morgan fingerprint density at radius 2 is 1.84 bits per heavy atom. The van der Waals surface area contributed by atoms with E-state index in [1.807, 2.05) is 54.6 Å². The van der Waals surface area contributed by atoms with Crippen LogP contribution in [-0.4, -0.2) is 27.7 Å². The molecule has 0 fully saturated rings. The zero-order chi connectivity index (χ0) is 21.5. The molecule has 156 valence electrons. The van der Waals surface area contributed by atoms with Gasteiger partial charge in [0.15, 0.2) is 0 Å². The Kier molecular flexibility index (Phi) is 6.38. The second-order valence-electron chi connectivity index (χ2n) is 7.13. The van der Waals surface area contributed by atoms with Crippen molar-refractivity contribution in [3.05, 3.63) is 102 Å². The number of aromatic nitrogens is 2. The maximum absolute atomic E-state index is 11.7. The van der Waals surface area contributed by atoms with Crippen molar-refractivity contribution in [2.45, 2.75) is 18.8 Å². The van der Waals surface area contributed by atoms with E-state index in [1.54, 1.807) is 30.8 Å². The van der Waals surface area contributed by atoms with Crippen LogP contribution in [0.1, 0.15) is 22.7 Å². The van der Waals surface area contributed by atoms with Gasteiger partial charge in [0.2, 0.25) is 5.89 Å². The van der Waals surface area contributed by atoms with Gasteiger partial charge in [0.25, 0.3) is 0 Å². The summed E-state index contributed by atoms with van der Waals surface area (Å²) in [7, 11) is 0. The molecule has 6 heteroatoms. The van der Waals surface area contributed by atoms with Crippen molar-refractivity contribution >= 4 is 5.97 Å². The molecule has 1 atom stereocenters. The fourth-order valence-electron chi connectivity index (χ4n) is 3.30. The lowest BCUT2D eigenvalue weighted by atomic mass is 9.93. The number of rotatable bonds is 9. The Hall–Kier alpha value is -3.93. The Balaban J connectivity index is 1.31. The predicted octanol–water partition coefficient (Wildman–Crippen LogP) is 4.77. The standard InChI is InChI=1S/C25H22N2O4/c28-25(29)23(20-7-4-13-26-16-20)15-18-8-10-22(11-9-18)30-14-12-21-17-31-24(27-21)19-5-2-1-3-6-19/h1-11,13,16-17,23H,12,14-15H2,(H,28,29). The molecule has 2 aromatic carbocycles. The third kappa shape index (κ3) is 5.36. The lowest BCUT2D eigenvalue weighted by molar-refractivity contribution is -0.138. The number of carboxylic acids is 1. The summed E-state index contributed by atoms with van der Waals surface area (Å²) in [5.74, 6) is -0.174. The van der Waals surface area contributed by atoms with E-state index in [1.165, 1.54) is 0 Å². The van der Waals surface area contributed by atoms with Crippen LogP contribution in [0, 0.1) is 0 Å². The zero-order valence-corrected chi connectivity index (χ0v) is 16.8. The first-order chi connectivity index (χ1) is 15.2. The van der Waals surface area contributed by atoms with Crippen LogP contribution in [-0.2, 0) is 17.6 Å². The first kappa shape index (κ1) is 20.3. The highest BCUT2D eigenvalue weighted by Crippen LogP contribution is 2.23. The Labute approximate surface area is 180 Å². The monoisotopic (exact) mass is 414 g/mol. The van der Waals surface area contributed by atoms with E-state index < -0.39 is 11.9 Å². The maximum Gasteiger partial charge on any atom is 0.311 e. The largest absolute Gasteiger partial charge is 0.493 e. The van der Waals surface area contributed by atoms with Crippen molar-refractivity contribution in [3.63, 3.8) is 0 Å². The molecule has 0 amide bonds. The summed E-state index contributed by atoms with van der Waals surface area (Å²) in [5, 5.41) is 9.58.